The average molecular weight is 213 g/mol. The summed E-state index contributed by atoms with van der Waals surface area (Å²) in [6.07, 6.45) is 5.85. The molecule has 2 nitrogen and oxygen atoms in total. The van der Waals surface area contributed by atoms with E-state index in [0.717, 1.165) is 19.4 Å². The molecule has 1 fully saturated rings. The summed E-state index contributed by atoms with van der Waals surface area (Å²) in [5.74, 6) is 0. The molecule has 1 aliphatic rings. The first-order chi connectivity index (χ1) is 7.15. The molecule has 1 heterocycles. The molecule has 0 saturated carbocycles. The Bertz CT molecular complexity index is 177. The monoisotopic (exact) mass is 213 g/mol. The van der Waals surface area contributed by atoms with Gasteiger partial charge in [-0.1, -0.05) is 20.8 Å². The van der Waals surface area contributed by atoms with Gasteiger partial charge in [0.05, 0.1) is 5.60 Å². The Morgan fingerprint density at radius 1 is 1.33 bits per heavy atom. The van der Waals surface area contributed by atoms with E-state index in [2.05, 4.69) is 33.0 Å². The SMILES string of the molecule is CCC(C)NC1CCOC(CC)(CC)C1. The van der Waals surface area contributed by atoms with Gasteiger partial charge in [0.1, 0.15) is 0 Å². The molecule has 0 aromatic carbocycles. The smallest absolute Gasteiger partial charge is 0.0692 e. The number of hydrogen-bond donors (Lipinski definition) is 1. The van der Waals surface area contributed by atoms with Gasteiger partial charge in [-0.25, -0.2) is 0 Å². The summed E-state index contributed by atoms with van der Waals surface area (Å²) in [5, 5.41) is 3.71. The highest BCUT2D eigenvalue weighted by atomic mass is 16.5. The van der Waals surface area contributed by atoms with Gasteiger partial charge in [0.2, 0.25) is 0 Å². The topological polar surface area (TPSA) is 21.3 Å². The molecule has 90 valence electrons. The molecule has 1 saturated heterocycles. The minimum atomic E-state index is 0.156. The highest BCUT2D eigenvalue weighted by Crippen LogP contribution is 2.31. The highest BCUT2D eigenvalue weighted by Gasteiger charge is 2.34. The third-order valence-electron chi connectivity index (χ3n) is 3.91. The van der Waals surface area contributed by atoms with E-state index in [4.69, 9.17) is 4.74 Å². The van der Waals surface area contributed by atoms with Gasteiger partial charge in [-0.3, -0.25) is 0 Å². The van der Waals surface area contributed by atoms with Crippen LogP contribution in [0.1, 0.15) is 59.8 Å². The molecule has 0 bridgehead atoms. The van der Waals surface area contributed by atoms with E-state index in [1.807, 2.05) is 0 Å². The van der Waals surface area contributed by atoms with Crippen LogP contribution in [0.15, 0.2) is 0 Å². The lowest BCUT2D eigenvalue weighted by Crippen LogP contribution is -2.48. The molecule has 0 aliphatic carbocycles. The summed E-state index contributed by atoms with van der Waals surface area (Å²) >= 11 is 0. The van der Waals surface area contributed by atoms with Crippen LogP contribution in [0.5, 0.6) is 0 Å². The van der Waals surface area contributed by atoms with Gasteiger partial charge in [0.15, 0.2) is 0 Å². The maximum Gasteiger partial charge on any atom is 0.0692 e. The van der Waals surface area contributed by atoms with E-state index in [-0.39, 0.29) is 5.60 Å². The molecular weight excluding hydrogens is 186 g/mol. The lowest BCUT2D eigenvalue weighted by molar-refractivity contribution is -0.0939. The number of rotatable bonds is 5. The van der Waals surface area contributed by atoms with Gasteiger partial charge in [0.25, 0.3) is 0 Å². The van der Waals surface area contributed by atoms with E-state index >= 15 is 0 Å². The van der Waals surface area contributed by atoms with Crippen molar-refractivity contribution in [2.24, 2.45) is 0 Å². The van der Waals surface area contributed by atoms with Crippen LogP contribution in [0.4, 0.5) is 0 Å². The molecule has 2 atom stereocenters. The number of ether oxygens (including phenoxy) is 1. The summed E-state index contributed by atoms with van der Waals surface area (Å²) in [4.78, 5) is 0. The minimum absolute atomic E-state index is 0.156. The number of nitrogens with one attached hydrogen (secondary N) is 1. The van der Waals surface area contributed by atoms with Crippen LogP contribution in [0.2, 0.25) is 0 Å². The minimum Gasteiger partial charge on any atom is -0.375 e. The normalized spacial score (nSPS) is 27.6. The Hall–Kier alpha value is -0.0800. The Balaban J connectivity index is 2.47. The summed E-state index contributed by atoms with van der Waals surface area (Å²) in [6.45, 7) is 9.93. The summed E-state index contributed by atoms with van der Waals surface area (Å²) in [6, 6.07) is 1.30. The van der Waals surface area contributed by atoms with E-state index in [1.165, 1.54) is 19.3 Å². The Morgan fingerprint density at radius 3 is 2.53 bits per heavy atom. The van der Waals surface area contributed by atoms with Gasteiger partial charge in [-0.05, 0) is 39.0 Å². The Kier molecular flexibility index (Phi) is 5.07. The summed E-state index contributed by atoms with van der Waals surface area (Å²) in [5.41, 5.74) is 0.156. The maximum atomic E-state index is 5.97. The molecule has 0 aromatic rings. The van der Waals surface area contributed by atoms with Crippen molar-refractivity contribution < 1.29 is 4.74 Å². The molecule has 0 spiro atoms. The predicted octanol–water partition coefficient (Wildman–Crippen LogP) is 3.11. The van der Waals surface area contributed by atoms with Crippen molar-refractivity contribution in [3.8, 4) is 0 Å². The van der Waals surface area contributed by atoms with Gasteiger partial charge in [0, 0.05) is 18.7 Å². The van der Waals surface area contributed by atoms with Gasteiger partial charge in [-0.15, -0.1) is 0 Å². The van der Waals surface area contributed by atoms with E-state index < -0.39 is 0 Å². The van der Waals surface area contributed by atoms with Crippen molar-refractivity contribution in [2.45, 2.75) is 77.5 Å². The van der Waals surface area contributed by atoms with Crippen molar-refractivity contribution in [1.29, 1.82) is 0 Å². The third-order valence-corrected chi connectivity index (χ3v) is 3.91. The molecular formula is C13H27NO. The third kappa shape index (κ3) is 3.46. The van der Waals surface area contributed by atoms with Crippen molar-refractivity contribution in [2.75, 3.05) is 6.61 Å². The van der Waals surface area contributed by atoms with E-state index in [1.54, 1.807) is 0 Å². The fourth-order valence-corrected chi connectivity index (χ4v) is 2.43. The number of hydrogen-bond acceptors (Lipinski definition) is 2. The van der Waals surface area contributed by atoms with Crippen molar-refractivity contribution in [1.82, 2.24) is 5.32 Å². The molecule has 2 unspecified atom stereocenters. The zero-order chi connectivity index (χ0) is 11.3. The molecule has 1 N–H and O–H groups in total. The highest BCUT2D eigenvalue weighted by molar-refractivity contribution is 4.88. The zero-order valence-electron chi connectivity index (χ0n) is 10.8. The Morgan fingerprint density at radius 2 is 2.00 bits per heavy atom. The lowest BCUT2D eigenvalue weighted by Gasteiger charge is -2.41. The lowest BCUT2D eigenvalue weighted by atomic mass is 9.85. The summed E-state index contributed by atoms with van der Waals surface area (Å²) < 4.78 is 5.97. The second kappa shape index (κ2) is 5.86. The van der Waals surface area contributed by atoms with Crippen molar-refractivity contribution in [3.05, 3.63) is 0 Å². The van der Waals surface area contributed by atoms with Gasteiger partial charge < -0.3 is 10.1 Å². The van der Waals surface area contributed by atoms with Crippen molar-refractivity contribution >= 4 is 0 Å². The molecule has 1 aliphatic heterocycles. The molecule has 15 heavy (non-hydrogen) atoms. The van der Waals surface area contributed by atoms with Crippen LogP contribution in [0.25, 0.3) is 0 Å². The first-order valence-corrected chi connectivity index (χ1v) is 6.55. The molecule has 0 aromatic heterocycles. The van der Waals surface area contributed by atoms with Crippen LogP contribution >= 0.6 is 0 Å². The fourth-order valence-electron chi connectivity index (χ4n) is 2.43. The van der Waals surface area contributed by atoms with Crippen LogP contribution in [-0.4, -0.2) is 24.3 Å². The van der Waals surface area contributed by atoms with E-state index in [0.29, 0.717) is 12.1 Å². The van der Waals surface area contributed by atoms with Crippen LogP contribution < -0.4 is 5.32 Å². The molecule has 2 heteroatoms. The zero-order valence-corrected chi connectivity index (χ0v) is 10.8. The van der Waals surface area contributed by atoms with Crippen molar-refractivity contribution in [3.63, 3.8) is 0 Å². The quantitative estimate of drug-likeness (QED) is 0.757. The van der Waals surface area contributed by atoms with E-state index in [9.17, 15) is 0 Å². The van der Waals surface area contributed by atoms with Gasteiger partial charge >= 0.3 is 0 Å². The Labute approximate surface area is 94.8 Å². The second-order valence-corrected chi connectivity index (χ2v) is 4.90. The predicted molar refractivity (Wildman–Crippen MR) is 65.2 cm³/mol. The van der Waals surface area contributed by atoms with Crippen LogP contribution in [0.3, 0.4) is 0 Å². The van der Waals surface area contributed by atoms with Crippen LogP contribution in [0, 0.1) is 0 Å². The average Bonchev–Trinajstić information content (AvgIpc) is 2.29. The second-order valence-electron chi connectivity index (χ2n) is 4.90. The molecule has 1 rings (SSSR count). The first-order valence-electron chi connectivity index (χ1n) is 6.55. The molecule has 0 amide bonds. The van der Waals surface area contributed by atoms with Gasteiger partial charge in [-0.2, -0.15) is 0 Å². The van der Waals surface area contributed by atoms with Crippen LogP contribution in [-0.2, 0) is 4.74 Å². The fraction of sp³-hybridized carbons (Fsp3) is 1.00. The molecule has 0 radical (unpaired) electrons. The summed E-state index contributed by atoms with van der Waals surface area (Å²) in [7, 11) is 0. The maximum absolute atomic E-state index is 5.97. The first kappa shape index (κ1) is 13.0. The largest absolute Gasteiger partial charge is 0.375 e. The standard InChI is InChI=1S/C13H27NO/c1-5-11(4)14-12-8-9-15-13(6-2,7-3)10-12/h11-12,14H,5-10H2,1-4H3.